The molecule has 0 N–H and O–H groups in total. The summed E-state index contributed by atoms with van der Waals surface area (Å²) in [7, 11) is -3.53. The smallest absolute Gasteiger partial charge is 0.243 e. The molecule has 0 bridgehead atoms. The number of aryl methyl sites for hydroxylation is 1. The van der Waals surface area contributed by atoms with Crippen LogP contribution in [0.4, 0.5) is 11.8 Å². The summed E-state index contributed by atoms with van der Waals surface area (Å²) in [6.07, 6.45) is 3.68. The number of fused-ring (bicyclic) bond motifs is 1. The Balaban J connectivity index is 1.31. The quantitative estimate of drug-likeness (QED) is 0.605. The second-order valence-corrected chi connectivity index (χ2v) is 10.6. The first kappa shape index (κ1) is 21.2. The summed E-state index contributed by atoms with van der Waals surface area (Å²) in [5.74, 6) is 1.69. The van der Waals surface area contributed by atoms with Crippen molar-refractivity contribution in [3.05, 3.63) is 54.2 Å². The number of piperazine rings is 1. The van der Waals surface area contributed by atoms with Gasteiger partial charge in [-0.1, -0.05) is 30.3 Å². The Morgan fingerprint density at radius 2 is 1.47 bits per heavy atom. The molecule has 8 heteroatoms. The molecule has 3 heterocycles. The van der Waals surface area contributed by atoms with Crippen LogP contribution in [0.2, 0.25) is 0 Å². The predicted molar refractivity (Wildman–Crippen MR) is 128 cm³/mol. The van der Waals surface area contributed by atoms with Crippen molar-refractivity contribution < 1.29 is 8.42 Å². The van der Waals surface area contributed by atoms with Crippen molar-refractivity contribution in [1.82, 2.24) is 14.3 Å². The Morgan fingerprint density at radius 3 is 2.22 bits per heavy atom. The molecule has 2 aromatic carbocycles. The van der Waals surface area contributed by atoms with Gasteiger partial charge in [-0.3, -0.25) is 0 Å². The molecule has 2 saturated heterocycles. The summed E-state index contributed by atoms with van der Waals surface area (Å²) < 4.78 is 28.1. The molecule has 0 amide bonds. The standard InChI is InChI=1S/C24H29N5O2S/c1-19-17-23(27-11-5-2-6-12-27)26-24(25-19)28-13-15-29(16-14-28)32(30,31)22-10-9-20-7-3-4-8-21(20)18-22/h3-4,7-10,17-18H,2,5-6,11-16H2,1H3. The van der Waals surface area contributed by atoms with Gasteiger partial charge in [-0.05, 0) is 49.1 Å². The molecule has 2 aliphatic heterocycles. The van der Waals surface area contributed by atoms with Crippen LogP contribution in [-0.2, 0) is 10.0 Å². The topological polar surface area (TPSA) is 69.6 Å². The molecule has 2 aliphatic rings. The Kier molecular flexibility index (Phi) is 5.73. The number of anilines is 2. The fraction of sp³-hybridized carbons (Fsp3) is 0.417. The highest BCUT2D eigenvalue weighted by Gasteiger charge is 2.30. The van der Waals surface area contributed by atoms with Gasteiger partial charge in [0.1, 0.15) is 5.82 Å². The molecule has 1 aromatic heterocycles. The second-order valence-electron chi connectivity index (χ2n) is 8.62. The summed E-state index contributed by atoms with van der Waals surface area (Å²) in [5.41, 5.74) is 0.946. The van der Waals surface area contributed by atoms with E-state index in [0.717, 1.165) is 35.4 Å². The van der Waals surface area contributed by atoms with E-state index in [2.05, 4.69) is 20.9 Å². The van der Waals surface area contributed by atoms with Gasteiger partial charge in [0.2, 0.25) is 16.0 Å². The van der Waals surface area contributed by atoms with E-state index in [0.29, 0.717) is 37.0 Å². The molecule has 5 rings (SSSR count). The monoisotopic (exact) mass is 451 g/mol. The lowest BCUT2D eigenvalue weighted by atomic mass is 10.1. The van der Waals surface area contributed by atoms with Crippen LogP contribution in [-0.4, -0.2) is 62.0 Å². The molecular weight excluding hydrogens is 422 g/mol. The number of hydrogen-bond donors (Lipinski definition) is 0. The van der Waals surface area contributed by atoms with E-state index in [1.807, 2.05) is 37.3 Å². The maximum atomic E-state index is 13.3. The third-order valence-corrected chi connectivity index (χ3v) is 8.28. The highest BCUT2D eigenvalue weighted by Crippen LogP contribution is 2.25. The average molecular weight is 452 g/mol. The van der Waals surface area contributed by atoms with Crippen LogP contribution >= 0.6 is 0 Å². The molecule has 7 nitrogen and oxygen atoms in total. The molecule has 0 radical (unpaired) electrons. The fourth-order valence-electron chi connectivity index (χ4n) is 4.57. The molecule has 0 saturated carbocycles. The number of hydrogen-bond acceptors (Lipinski definition) is 6. The van der Waals surface area contributed by atoms with Gasteiger partial charge >= 0.3 is 0 Å². The second kappa shape index (κ2) is 8.67. The van der Waals surface area contributed by atoms with Crippen LogP contribution in [0, 0.1) is 6.92 Å². The van der Waals surface area contributed by atoms with Gasteiger partial charge in [-0.25, -0.2) is 13.4 Å². The lowest BCUT2D eigenvalue weighted by molar-refractivity contribution is 0.382. The van der Waals surface area contributed by atoms with Gasteiger partial charge in [0.05, 0.1) is 4.90 Å². The SMILES string of the molecule is Cc1cc(N2CCCCC2)nc(N2CCN(S(=O)(=O)c3ccc4ccccc4c3)CC2)n1. The van der Waals surface area contributed by atoms with Crippen molar-refractivity contribution in [1.29, 1.82) is 0 Å². The maximum Gasteiger partial charge on any atom is 0.243 e. The van der Waals surface area contributed by atoms with Crippen LogP contribution in [0.15, 0.2) is 53.4 Å². The van der Waals surface area contributed by atoms with Crippen molar-refractivity contribution in [2.75, 3.05) is 49.1 Å². The number of benzene rings is 2. The van der Waals surface area contributed by atoms with E-state index in [1.165, 1.54) is 19.3 Å². The number of nitrogens with zero attached hydrogens (tertiary/aromatic N) is 5. The minimum Gasteiger partial charge on any atom is -0.356 e. The Hall–Kier alpha value is -2.71. The zero-order valence-electron chi connectivity index (χ0n) is 18.4. The Labute approximate surface area is 189 Å². The molecule has 0 atom stereocenters. The van der Waals surface area contributed by atoms with E-state index in [-0.39, 0.29) is 0 Å². The first-order chi connectivity index (χ1) is 15.5. The number of piperidine rings is 1. The Bertz CT molecular complexity index is 1220. The van der Waals surface area contributed by atoms with Crippen LogP contribution in [0.3, 0.4) is 0 Å². The molecular formula is C24H29N5O2S. The van der Waals surface area contributed by atoms with E-state index in [1.54, 1.807) is 16.4 Å². The Morgan fingerprint density at radius 1 is 0.750 bits per heavy atom. The highest BCUT2D eigenvalue weighted by atomic mass is 32.2. The van der Waals surface area contributed by atoms with Gasteiger partial charge in [-0.2, -0.15) is 9.29 Å². The molecule has 3 aromatic rings. The lowest BCUT2D eigenvalue weighted by Crippen LogP contribution is -2.49. The summed E-state index contributed by atoms with van der Waals surface area (Å²) >= 11 is 0. The van der Waals surface area contributed by atoms with E-state index in [4.69, 9.17) is 4.98 Å². The average Bonchev–Trinajstić information content (AvgIpc) is 2.84. The summed E-state index contributed by atoms with van der Waals surface area (Å²) in [6, 6.07) is 15.2. The van der Waals surface area contributed by atoms with Gasteiger partial charge in [-0.15, -0.1) is 0 Å². The van der Waals surface area contributed by atoms with E-state index >= 15 is 0 Å². The summed E-state index contributed by atoms with van der Waals surface area (Å²) in [5, 5.41) is 1.97. The number of rotatable bonds is 4. The molecule has 32 heavy (non-hydrogen) atoms. The van der Waals surface area contributed by atoms with Crippen LogP contribution in [0.1, 0.15) is 25.0 Å². The molecule has 0 unspecified atom stereocenters. The first-order valence-electron chi connectivity index (χ1n) is 11.4. The third-order valence-electron chi connectivity index (χ3n) is 6.39. The predicted octanol–water partition coefficient (Wildman–Crippen LogP) is 3.44. The fourth-order valence-corrected chi connectivity index (χ4v) is 6.03. The van der Waals surface area contributed by atoms with Crippen LogP contribution in [0.5, 0.6) is 0 Å². The normalized spacial score (nSPS) is 18.3. The van der Waals surface area contributed by atoms with Gasteiger partial charge < -0.3 is 9.80 Å². The van der Waals surface area contributed by atoms with Crippen molar-refractivity contribution in [3.8, 4) is 0 Å². The van der Waals surface area contributed by atoms with Crippen molar-refractivity contribution >= 4 is 32.6 Å². The summed E-state index contributed by atoms with van der Waals surface area (Å²) in [4.78, 5) is 14.3. The maximum absolute atomic E-state index is 13.3. The van der Waals surface area contributed by atoms with Gasteiger partial charge in [0.25, 0.3) is 0 Å². The molecule has 0 aliphatic carbocycles. The molecule has 168 valence electrons. The summed E-state index contributed by atoms with van der Waals surface area (Å²) in [6.45, 7) is 6.07. The van der Waals surface area contributed by atoms with Crippen molar-refractivity contribution in [3.63, 3.8) is 0 Å². The zero-order valence-corrected chi connectivity index (χ0v) is 19.3. The minimum absolute atomic E-state index is 0.351. The zero-order chi connectivity index (χ0) is 22.1. The molecule has 0 spiro atoms. The third kappa shape index (κ3) is 4.17. The number of sulfonamides is 1. The van der Waals surface area contributed by atoms with E-state index < -0.39 is 10.0 Å². The lowest BCUT2D eigenvalue weighted by Gasteiger charge is -2.35. The highest BCUT2D eigenvalue weighted by molar-refractivity contribution is 7.89. The van der Waals surface area contributed by atoms with Gasteiger partial charge in [0.15, 0.2) is 0 Å². The largest absolute Gasteiger partial charge is 0.356 e. The number of aromatic nitrogens is 2. The van der Waals surface area contributed by atoms with Crippen LogP contribution < -0.4 is 9.80 Å². The van der Waals surface area contributed by atoms with Crippen molar-refractivity contribution in [2.45, 2.75) is 31.1 Å². The first-order valence-corrected chi connectivity index (χ1v) is 12.8. The molecule has 2 fully saturated rings. The van der Waals surface area contributed by atoms with Crippen molar-refractivity contribution in [2.24, 2.45) is 0 Å². The van der Waals surface area contributed by atoms with E-state index in [9.17, 15) is 8.42 Å². The minimum atomic E-state index is -3.53. The van der Waals surface area contributed by atoms with Crippen LogP contribution in [0.25, 0.3) is 10.8 Å². The van der Waals surface area contributed by atoms with Gasteiger partial charge in [0, 0.05) is 51.0 Å².